The summed E-state index contributed by atoms with van der Waals surface area (Å²) in [6, 6.07) is 3.06. The van der Waals surface area contributed by atoms with Gasteiger partial charge >= 0.3 is 6.18 Å². The normalized spacial score (nSPS) is 13.2. The molecule has 0 heterocycles. The number of hydrogen-bond donors (Lipinski definition) is 1. The number of halogens is 3. The molecule has 1 aromatic carbocycles. The van der Waals surface area contributed by atoms with Crippen LogP contribution in [0.2, 0.25) is 0 Å². The summed E-state index contributed by atoms with van der Waals surface area (Å²) in [6.07, 6.45) is -4.86. The van der Waals surface area contributed by atoms with Gasteiger partial charge in [-0.1, -0.05) is 0 Å². The Hall–Kier alpha value is -1.43. The number of alkyl halides is 3. The van der Waals surface area contributed by atoms with Crippen molar-refractivity contribution in [3.8, 4) is 11.5 Å². The molecule has 1 unspecified atom stereocenters. The maximum absolute atomic E-state index is 12.6. The van der Waals surface area contributed by atoms with Crippen molar-refractivity contribution in [1.29, 1.82) is 0 Å². The lowest BCUT2D eigenvalue weighted by molar-refractivity contribution is -0.127. The molecule has 19 heavy (non-hydrogen) atoms. The Balaban J connectivity index is 3.21. The van der Waals surface area contributed by atoms with E-state index < -0.39 is 12.6 Å². The van der Waals surface area contributed by atoms with E-state index in [4.69, 9.17) is 15.2 Å². The van der Waals surface area contributed by atoms with Crippen LogP contribution in [0.3, 0.4) is 0 Å². The minimum absolute atomic E-state index is 0.00549. The molecular weight excluding hydrogens is 259 g/mol. The summed E-state index contributed by atoms with van der Waals surface area (Å²) in [5.41, 5.74) is 6.48. The third-order valence-corrected chi connectivity index (χ3v) is 2.60. The minimum atomic E-state index is -4.32. The van der Waals surface area contributed by atoms with Gasteiger partial charge < -0.3 is 15.2 Å². The Labute approximate surface area is 110 Å². The second-order valence-corrected chi connectivity index (χ2v) is 4.45. The summed E-state index contributed by atoms with van der Waals surface area (Å²) in [4.78, 5) is 0. The maximum atomic E-state index is 12.6. The van der Waals surface area contributed by atoms with Crippen LogP contribution in [0, 0.1) is 0 Å². The molecule has 6 heteroatoms. The highest BCUT2D eigenvalue weighted by Crippen LogP contribution is 2.35. The highest BCUT2D eigenvalue weighted by atomic mass is 19.4. The molecule has 0 fully saturated rings. The lowest BCUT2D eigenvalue weighted by Gasteiger charge is -2.17. The summed E-state index contributed by atoms with van der Waals surface area (Å²) in [7, 11) is 2.68. The van der Waals surface area contributed by atoms with Gasteiger partial charge in [-0.15, -0.1) is 0 Å². The molecule has 0 aliphatic rings. The molecule has 0 saturated carbocycles. The summed E-state index contributed by atoms with van der Waals surface area (Å²) in [5.74, 6) is 0.347. The number of nitrogens with two attached hydrogens (primary N) is 1. The van der Waals surface area contributed by atoms with Gasteiger partial charge in [0.2, 0.25) is 0 Å². The summed E-state index contributed by atoms with van der Waals surface area (Å²) in [5, 5.41) is 0. The molecule has 0 bridgehead atoms. The zero-order chi connectivity index (χ0) is 14.6. The number of ether oxygens (including phenoxy) is 2. The van der Waals surface area contributed by atoms with Crippen LogP contribution >= 0.6 is 0 Å². The Morgan fingerprint density at radius 3 is 1.95 bits per heavy atom. The molecule has 1 aromatic rings. The van der Waals surface area contributed by atoms with Crippen molar-refractivity contribution in [3.63, 3.8) is 0 Å². The van der Waals surface area contributed by atoms with E-state index >= 15 is 0 Å². The third-order valence-electron chi connectivity index (χ3n) is 2.60. The molecule has 3 nitrogen and oxygen atoms in total. The van der Waals surface area contributed by atoms with Crippen LogP contribution in [0.4, 0.5) is 13.2 Å². The van der Waals surface area contributed by atoms with Gasteiger partial charge in [-0.3, -0.25) is 0 Å². The van der Waals surface area contributed by atoms with E-state index in [1.807, 2.05) is 6.92 Å². The topological polar surface area (TPSA) is 44.5 Å². The number of hydrogen-bond acceptors (Lipinski definition) is 3. The number of methoxy groups -OCH3 is 2. The predicted molar refractivity (Wildman–Crippen MR) is 66.7 cm³/mol. The van der Waals surface area contributed by atoms with E-state index in [2.05, 4.69) is 0 Å². The molecule has 0 spiro atoms. The zero-order valence-corrected chi connectivity index (χ0v) is 11.2. The Bertz CT molecular complexity index is 405. The first kappa shape index (κ1) is 15.6. The molecule has 0 aromatic heterocycles. The van der Waals surface area contributed by atoms with Gasteiger partial charge in [0.15, 0.2) is 0 Å². The van der Waals surface area contributed by atoms with Crippen molar-refractivity contribution >= 4 is 0 Å². The first-order chi connectivity index (χ1) is 8.76. The third kappa shape index (κ3) is 4.63. The largest absolute Gasteiger partial charge is 0.496 e. The van der Waals surface area contributed by atoms with Gasteiger partial charge in [-0.2, -0.15) is 13.2 Å². The standard InChI is InChI=1S/C13H18F3NO2/c1-8(17)4-9-5-11(18-2)10(7-13(14,15)16)12(6-9)19-3/h5-6,8H,4,7,17H2,1-3H3. The van der Waals surface area contributed by atoms with Gasteiger partial charge in [0.25, 0.3) is 0 Å². The van der Waals surface area contributed by atoms with Crippen molar-refractivity contribution in [2.75, 3.05) is 14.2 Å². The van der Waals surface area contributed by atoms with Gasteiger partial charge in [0.05, 0.1) is 20.6 Å². The quantitative estimate of drug-likeness (QED) is 0.900. The molecule has 0 radical (unpaired) electrons. The lowest BCUT2D eigenvalue weighted by atomic mass is 10.0. The Kier molecular flexibility index (Phi) is 5.05. The number of rotatable bonds is 5. The van der Waals surface area contributed by atoms with E-state index in [-0.39, 0.29) is 23.1 Å². The lowest BCUT2D eigenvalue weighted by Crippen LogP contribution is -2.18. The molecule has 0 aliphatic heterocycles. The fourth-order valence-electron chi connectivity index (χ4n) is 1.90. The van der Waals surface area contributed by atoms with E-state index in [1.54, 1.807) is 12.1 Å². The van der Waals surface area contributed by atoms with Crippen LogP contribution in [0.1, 0.15) is 18.1 Å². The molecule has 1 rings (SSSR count). The van der Waals surface area contributed by atoms with Gasteiger partial charge in [-0.25, -0.2) is 0 Å². The molecular formula is C13H18F3NO2. The smallest absolute Gasteiger partial charge is 0.393 e. The molecule has 0 amide bonds. The maximum Gasteiger partial charge on any atom is 0.393 e. The second-order valence-electron chi connectivity index (χ2n) is 4.45. The van der Waals surface area contributed by atoms with Crippen molar-refractivity contribution in [2.45, 2.75) is 32.0 Å². The first-order valence-electron chi connectivity index (χ1n) is 5.83. The Morgan fingerprint density at radius 1 is 1.16 bits per heavy atom. The first-order valence-corrected chi connectivity index (χ1v) is 5.83. The van der Waals surface area contributed by atoms with Crippen molar-refractivity contribution in [2.24, 2.45) is 5.73 Å². The van der Waals surface area contributed by atoms with Crippen LogP contribution < -0.4 is 15.2 Å². The average molecular weight is 277 g/mol. The van der Waals surface area contributed by atoms with E-state index in [1.165, 1.54) is 14.2 Å². The molecule has 0 saturated heterocycles. The Morgan fingerprint density at radius 2 is 1.63 bits per heavy atom. The summed E-state index contributed by atoms with van der Waals surface area (Å²) < 4.78 is 47.7. The van der Waals surface area contributed by atoms with Crippen LogP contribution in [0.5, 0.6) is 11.5 Å². The average Bonchev–Trinajstić information content (AvgIpc) is 2.28. The molecule has 2 N–H and O–H groups in total. The van der Waals surface area contributed by atoms with Crippen LogP contribution in [0.25, 0.3) is 0 Å². The SMILES string of the molecule is COc1cc(CC(C)N)cc(OC)c1CC(F)(F)F. The molecule has 0 aliphatic carbocycles. The van der Waals surface area contributed by atoms with E-state index in [9.17, 15) is 13.2 Å². The van der Waals surface area contributed by atoms with Crippen LogP contribution in [-0.2, 0) is 12.8 Å². The highest BCUT2D eigenvalue weighted by Gasteiger charge is 2.31. The fourth-order valence-corrected chi connectivity index (χ4v) is 1.90. The molecule has 108 valence electrons. The monoisotopic (exact) mass is 277 g/mol. The van der Waals surface area contributed by atoms with Gasteiger partial charge in [0, 0.05) is 11.6 Å². The summed E-state index contributed by atoms with van der Waals surface area (Å²) in [6.45, 7) is 1.82. The van der Waals surface area contributed by atoms with E-state index in [0.717, 1.165) is 5.56 Å². The number of benzene rings is 1. The van der Waals surface area contributed by atoms with Crippen LogP contribution in [-0.4, -0.2) is 26.4 Å². The van der Waals surface area contributed by atoms with Crippen molar-refractivity contribution in [1.82, 2.24) is 0 Å². The van der Waals surface area contributed by atoms with Gasteiger partial charge in [-0.05, 0) is 31.0 Å². The fraction of sp³-hybridized carbons (Fsp3) is 0.538. The van der Waals surface area contributed by atoms with Crippen molar-refractivity contribution in [3.05, 3.63) is 23.3 Å². The van der Waals surface area contributed by atoms with Gasteiger partial charge in [0.1, 0.15) is 11.5 Å². The minimum Gasteiger partial charge on any atom is -0.496 e. The van der Waals surface area contributed by atoms with Crippen molar-refractivity contribution < 1.29 is 22.6 Å². The van der Waals surface area contributed by atoms with Crippen LogP contribution in [0.15, 0.2) is 12.1 Å². The second kappa shape index (κ2) is 6.14. The zero-order valence-electron chi connectivity index (χ0n) is 11.2. The highest BCUT2D eigenvalue weighted by molar-refractivity contribution is 5.48. The summed E-state index contributed by atoms with van der Waals surface area (Å²) >= 11 is 0. The molecule has 1 atom stereocenters. The van der Waals surface area contributed by atoms with E-state index in [0.29, 0.717) is 6.42 Å². The predicted octanol–water partition coefficient (Wildman–Crippen LogP) is 2.70.